The minimum Gasteiger partial charge on any atom is -0.399 e. The maximum absolute atomic E-state index is 6.16. The van der Waals surface area contributed by atoms with Crippen molar-refractivity contribution in [3.8, 4) is 0 Å². The van der Waals surface area contributed by atoms with Crippen LogP contribution in [-0.2, 0) is 12.8 Å². The molecule has 0 fully saturated rings. The van der Waals surface area contributed by atoms with Gasteiger partial charge in [-0.05, 0) is 121 Å². The Kier molecular flexibility index (Phi) is 23.6. The van der Waals surface area contributed by atoms with Crippen LogP contribution in [-0.4, -0.2) is 0 Å². The number of nitrogens with two attached hydrogens (primary N) is 2. The summed E-state index contributed by atoms with van der Waals surface area (Å²) in [6.07, 6.45) is 36.0. The van der Waals surface area contributed by atoms with E-state index < -0.39 is 0 Å². The number of aryl methyl sites for hydroxylation is 4. The summed E-state index contributed by atoms with van der Waals surface area (Å²) in [5.41, 5.74) is 25.5. The highest BCUT2D eigenvalue weighted by molar-refractivity contribution is 5.49. The summed E-state index contributed by atoms with van der Waals surface area (Å²) in [5.74, 6) is 0.897. The van der Waals surface area contributed by atoms with Crippen molar-refractivity contribution in [2.24, 2.45) is 0 Å². The third-order valence-electron chi connectivity index (χ3n) is 13.2. The van der Waals surface area contributed by atoms with Crippen molar-refractivity contribution in [3.05, 3.63) is 129 Å². The second kappa shape index (κ2) is 28.9. The van der Waals surface area contributed by atoms with Gasteiger partial charge in [0.2, 0.25) is 0 Å². The predicted octanol–water partition coefficient (Wildman–Crippen LogP) is 17.3. The first-order valence-electron chi connectivity index (χ1n) is 24.8. The van der Waals surface area contributed by atoms with E-state index in [2.05, 4.69) is 113 Å². The SMILES string of the molecule is CCCCCCCCCCCC(c1ccc(CCCCCCCc2ccc(C(CCCCCCCCCCC)c3ccc(N)cc3C)cc2)cc1)c1ccc(N)cc1C. The van der Waals surface area contributed by atoms with E-state index in [9.17, 15) is 0 Å². The maximum atomic E-state index is 6.16. The average Bonchev–Trinajstić information content (AvgIpc) is 3.23. The van der Waals surface area contributed by atoms with Crippen molar-refractivity contribution in [3.63, 3.8) is 0 Å². The molecule has 0 spiro atoms. The normalized spacial score (nSPS) is 12.5. The van der Waals surface area contributed by atoms with E-state index in [1.165, 1.54) is 218 Å². The molecule has 2 atom stereocenters. The van der Waals surface area contributed by atoms with Crippen LogP contribution in [0.4, 0.5) is 11.4 Å². The Hall–Kier alpha value is -3.52. The van der Waals surface area contributed by atoms with E-state index in [1.54, 1.807) is 0 Å². The van der Waals surface area contributed by atoms with Crippen LogP contribution in [0.5, 0.6) is 0 Å². The Morgan fingerprint density at radius 3 is 0.983 bits per heavy atom. The minimum absolute atomic E-state index is 0.448. The fourth-order valence-electron chi connectivity index (χ4n) is 9.52. The van der Waals surface area contributed by atoms with Gasteiger partial charge in [0.25, 0.3) is 0 Å². The molecule has 0 saturated carbocycles. The number of benzene rings is 4. The van der Waals surface area contributed by atoms with E-state index in [4.69, 9.17) is 11.5 Å². The molecule has 0 heterocycles. The zero-order valence-electron chi connectivity index (χ0n) is 38.5. The van der Waals surface area contributed by atoms with Gasteiger partial charge < -0.3 is 11.5 Å². The van der Waals surface area contributed by atoms with E-state index in [1.807, 2.05) is 0 Å². The summed E-state index contributed by atoms with van der Waals surface area (Å²) in [5, 5.41) is 0. The van der Waals surface area contributed by atoms with Crippen LogP contribution in [0.2, 0.25) is 0 Å². The topological polar surface area (TPSA) is 52.0 Å². The summed E-state index contributed by atoms with van der Waals surface area (Å²) in [6.45, 7) is 9.07. The molecule has 0 radical (unpaired) electrons. The van der Waals surface area contributed by atoms with Gasteiger partial charge in [-0.25, -0.2) is 0 Å². The van der Waals surface area contributed by atoms with Gasteiger partial charge in [-0.3, -0.25) is 0 Å². The highest BCUT2D eigenvalue weighted by Crippen LogP contribution is 2.35. The third kappa shape index (κ3) is 18.3. The van der Waals surface area contributed by atoms with Gasteiger partial charge in [-0.15, -0.1) is 0 Å². The first-order chi connectivity index (χ1) is 28.9. The van der Waals surface area contributed by atoms with Crippen LogP contribution >= 0.6 is 0 Å². The van der Waals surface area contributed by atoms with Gasteiger partial charge in [0.15, 0.2) is 0 Å². The lowest BCUT2D eigenvalue weighted by molar-refractivity contribution is 0.545. The van der Waals surface area contributed by atoms with Crippen molar-refractivity contribution in [2.75, 3.05) is 11.5 Å². The molecule has 4 N–H and O–H groups in total. The molecule has 4 rings (SSSR count). The van der Waals surface area contributed by atoms with Crippen LogP contribution in [0, 0.1) is 13.8 Å². The lowest BCUT2D eigenvalue weighted by atomic mass is 9.84. The van der Waals surface area contributed by atoms with Crippen LogP contribution in [0.15, 0.2) is 84.9 Å². The fraction of sp³-hybridized carbons (Fsp3) is 0.579. The Morgan fingerprint density at radius 2 is 0.661 bits per heavy atom. The summed E-state index contributed by atoms with van der Waals surface area (Å²) < 4.78 is 0. The van der Waals surface area contributed by atoms with Gasteiger partial charge in [0, 0.05) is 23.2 Å². The van der Waals surface area contributed by atoms with Gasteiger partial charge in [0.1, 0.15) is 0 Å². The molecule has 0 saturated heterocycles. The summed E-state index contributed by atoms with van der Waals surface area (Å²) >= 11 is 0. The molecule has 324 valence electrons. The number of nitrogen functional groups attached to an aromatic ring is 2. The molecule has 0 aliphatic heterocycles. The third-order valence-corrected chi connectivity index (χ3v) is 13.2. The fourth-order valence-corrected chi connectivity index (χ4v) is 9.52. The molecule has 0 aliphatic rings. The monoisotopic (exact) mass is 799 g/mol. The van der Waals surface area contributed by atoms with Crippen LogP contribution < -0.4 is 11.5 Å². The van der Waals surface area contributed by atoms with Crippen molar-refractivity contribution in [1.82, 2.24) is 0 Å². The second-order valence-electron chi connectivity index (χ2n) is 18.3. The lowest BCUT2D eigenvalue weighted by Gasteiger charge is -2.21. The predicted molar refractivity (Wildman–Crippen MR) is 262 cm³/mol. The molecule has 0 amide bonds. The molecule has 59 heavy (non-hydrogen) atoms. The van der Waals surface area contributed by atoms with Crippen molar-refractivity contribution in [2.45, 2.75) is 213 Å². The molecule has 0 aromatic heterocycles. The van der Waals surface area contributed by atoms with Gasteiger partial charge >= 0.3 is 0 Å². The number of anilines is 2. The second-order valence-corrected chi connectivity index (χ2v) is 18.3. The van der Waals surface area contributed by atoms with E-state index >= 15 is 0 Å². The Bertz CT molecular complexity index is 1540. The molecule has 4 aromatic rings. The molecule has 4 aromatic carbocycles. The first-order valence-corrected chi connectivity index (χ1v) is 24.8. The van der Waals surface area contributed by atoms with E-state index in [0.29, 0.717) is 11.8 Å². The van der Waals surface area contributed by atoms with Crippen LogP contribution in [0.1, 0.15) is 231 Å². The summed E-state index contributed by atoms with van der Waals surface area (Å²) in [7, 11) is 0. The minimum atomic E-state index is 0.448. The zero-order valence-corrected chi connectivity index (χ0v) is 38.5. The lowest BCUT2D eigenvalue weighted by Crippen LogP contribution is -2.05. The summed E-state index contributed by atoms with van der Waals surface area (Å²) in [6, 6.07) is 32.4. The summed E-state index contributed by atoms with van der Waals surface area (Å²) in [4.78, 5) is 0. The first kappa shape index (κ1) is 48.1. The molecule has 0 bridgehead atoms. The van der Waals surface area contributed by atoms with Crippen molar-refractivity contribution >= 4 is 11.4 Å². The van der Waals surface area contributed by atoms with Gasteiger partial charge in [-0.1, -0.05) is 209 Å². The Labute approximate surface area is 363 Å². The molecule has 2 unspecified atom stereocenters. The molecular weight excluding hydrogens is 713 g/mol. The quantitative estimate of drug-likeness (QED) is 0.0382. The highest BCUT2D eigenvalue weighted by atomic mass is 14.5. The highest BCUT2D eigenvalue weighted by Gasteiger charge is 2.18. The van der Waals surface area contributed by atoms with Gasteiger partial charge in [0.05, 0.1) is 0 Å². The number of hydrogen-bond donors (Lipinski definition) is 2. The molecule has 2 heteroatoms. The Morgan fingerprint density at radius 1 is 0.356 bits per heavy atom. The molecule has 2 nitrogen and oxygen atoms in total. The van der Waals surface area contributed by atoms with Crippen molar-refractivity contribution < 1.29 is 0 Å². The number of hydrogen-bond acceptors (Lipinski definition) is 2. The van der Waals surface area contributed by atoms with E-state index in [0.717, 1.165) is 11.4 Å². The molecular formula is C57H86N2. The smallest absolute Gasteiger partial charge is 0.0316 e. The number of rotatable bonds is 32. The van der Waals surface area contributed by atoms with Crippen LogP contribution in [0.3, 0.4) is 0 Å². The standard InChI is InChI=1S/C57H86N2/c1-5-7-9-11-13-15-17-22-26-30-56(54-42-40-52(58)44-46(54)3)50-36-32-48(33-37-50)28-24-20-19-21-25-29-49-34-38-51(39-35-49)57(55-43-41-53(59)45-47(55)4)31-27-23-18-16-14-12-10-8-6-2/h32-45,56-57H,5-31,58-59H2,1-4H3. The zero-order chi connectivity index (χ0) is 41.9. The average molecular weight is 799 g/mol. The maximum Gasteiger partial charge on any atom is 0.0316 e. The Balaban J connectivity index is 1.18. The largest absolute Gasteiger partial charge is 0.399 e. The number of unbranched alkanes of at least 4 members (excludes halogenated alkanes) is 20. The van der Waals surface area contributed by atoms with Gasteiger partial charge in [-0.2, -0.15) is 0 Å². The van der Waals surface area contributed by atoms with Crippen molar-refractivity contribution in [1.29, 1.82) is 0 Å². The molecule has 0 aliphatic carbocycles. The van der Waals surface area contributed by atoms with E-state index in [-0.39, 0.29) is 0 Å². The van der Waals surface area contributed by atoms with Crippen LogP contribution in [0.25, 0.3) is 0 Å².